The second-order valence-electron chi connectivity index (χ2n) is 5.09. The lowest BCUT2D eigenvalue weighted by Gasteiger charge is -2.11. The summed E-state index contributed by atoms with van der Waals surface area (Å²) < 4.78 is 15.6. The Balaban J connectivity index is 2.03. The molecule has 0 aliphatic rings. The average Bonchev–Trinajstić information content (AvgIpc) is 3.16. The first-order valence-corrected chi connectivity index (χ1v) is 8.94. The average molecular weight is 364 g/mol. The van der Waals surface area contributed by atoms with Crippen LogP contribution in [-0.2, 0) is 21.3 Å². The highest BCUT2D eigenvalue weighted by Gasteiger charge is 2.17. The number of rotatable bonds is 6. The first-order valence-electron chi connectivity index (χ1n) is 7.07. The number of nitrogens with zero attached hydrogens (tertiary/aromatic N) is 3. The second kappa shape index (κ2) is 7.02. The number of carboxylic acid groups (broad SMARTS) is 1. The van der Waals surface area contributed by atoms with Crippen LogP contribution >= 0.6 is 11.6 Å². The predicted octanol–water partition coefficient (Wildman–Crippen LogP) is 2.65. The lowest BCUT2D eigenvalue weighted by Crippen LogP contribution is -2.12. The lowest BCUT2D eigenvalue weighted by atomic mass is 10.3. The standard InChI is InChI=1S/C16H14ClN3O3S/c17-13-3-5-14(6-4-13)20-16(19-7-1-2-8-19)12(9-18-20)10-24(23)11-15(21)22/h1-9H,10-11H2,(H,21,22). The van der Waals surface area contributed by atoms with Crippen LogP contribution < -0.4 is 0 Å². The molecule has 0 saturated carbocycles. The van der Waals surface area contributed by atoms with Gasteiger partial charge in [0.05, 0.1) is 17.6 Å². The van der Waals surface area contributed by atoms with E-state index < -0.39 is 22.5 Å². The van der Waals surface area contributed by atoms with Gasteiger partial charge in [0, 0.05) is 33.8 Å². The smallest absolute Gasteiger partial charge is 0.316 e. The number of carbonyl (C=O) groups is 1. The summed E-state index contributed by atoms with van der Waals surface area (Å²) >= 11 is 5.93. The maximum atomic E-state index is 12.0. The molecule has 2 aromatic heterocycles. The van der Waals surface area contributed by atoms with E-state index in [2.05, 4.69) is 5.10 Å². The fourth-order valence-electron chi connectivity index (χ4n) is 2.36. The largest absolute Gasteiger partial charge is 0.481 e. The molecule has 0 aliphatic heterocycles. The van der Waals surface area contributed by atoms with Crippen LogP contribution in [0.15, 0.2) is 55.0 Å². The van der Waals surface area contributed by atoms with E-state index in [4.69, 9.17) is 16.7 Å². The van der Waals surface area contributed by atoms with E-state index in [1.165, 1.54) is 0 Å². The molecular weight excluding hydrogens is 350 g/mol. The molecule has 3 rings (SSSR count). The fraction of sp³-hybridized carbons (Fsp3) is 0.125. The van der Waals surface area contributed by atoms with Crippen molar-refractivity contribution in [3.63, 3.8) is 0 Å². The minimum atomic E-state index is -1.51. The third-order valence-electron chi connectivity index (χ3n) is 3.34. The first-order chi connectivity index (χ1) is 11.5. The monoisotopic (exact) mass is 363 g/mol. The van der Waals surface area contributed by atoms with E-state index in [0.29, 0.717) is 10.6 Å². The van der Waals surface area contributed by atoms with Crippen LogP contribution in [-0.4, -0.2) is 35.4 Å². The van der Waals surface area contributed by atoms with Crippen LogP contribution in [0.25, 0.3) is 11.5 Å². The van der Waals surface area contributed by atoms with Crippen molar-refractivity contribution in [2.24, 2.45) is 0 Å². The Morgan fingerprint density at radius 1 is 1.21 bits per heavy atom. The zero-order chi connectivity index (χ0) is 17.1. The Hall–Kier alpha value is -2.38. The summed E-state index contributed by atoms with van der Waals surface area (Å²) in [4.78, 5) is 10.7. The maximum Gasteiger partial charge on any atom is 0.316 e. The third-order valence-corrected chi connectivity index (χ3v) is 4.79. The minimum Gasteiger partial charge on any atom is -0.481 e. The van der Waals surface area contributed by atoms with Crippen molar-refractivity contribution in [2.45, 2.75) is 5.75 Å². The molecule has 3 aromatic rings. The Kier molecular flexibility index (Phi) is 4.82. The van der Waals surface area contributed by atoms with E-state index in [9.17, 15) is 9.00 Å². The molecule has 0 bridgehead atoms. The molecule has 0 aliphatic carbocycles. The van der Waals surface area contributed by atoms with Crippen molar-refractivity contribution in [3.05, 3.63) is 65.6 Å². The third kappa shape index (κ3) is 3.58. The van der Waals surface area contributed by atoms with Gasteiger partial charge in [-0.2, -0.15) is 5.10 Å². The Labute approximate surface area is 145 Å². The van der Waals surface area contributed by atoms with Gasteiger partial charge < -0.3 is 9.67 Å². The minimum absolute atomic E-state index is 0.118. The van der Waals surface area contributed by atoms with Crippen molar-refractivity contribution in [3.8, 4) is 11.5 Å². The number of hydrogen-bond donors (Lipinski definition) is 1. The molecule has 6 nitrogen and oxygen atoms in total. The topological polar surface area (TPSA) is 77.1 Å². The van der Waals surface area contributed by atoms with E-state index in [0.717, 1.165) is 11.5 Å². The van der Waals surface area contributed by atoms with Gasteiger partial charge in [-0.15, -0.1) is 0 Å². The normalized spacial score (nSPS) is 12.2. The summed E-state index contributed by atoms with van der Waals surface area (Å²) in [5.41, 5.74) is 1.51. The van der Waals surface area contributed by atoms with Crippen LogP contribution in [0.4, 0.5) is 0 Å². The van der Waals surface area contributed by atoms with Gasteiger partial charge in [0.2, 0.25) is 0 Å². The molecule has 124 valence electrons. The molecule has 8 heteroatoms. The molecule has 24 heavy (non-hydrogen) atoms. The molecule has 1 atom stereocenters. The number of carboxylic acids is 1. The Morgan fingerprint density at radius 3 is 2.50 bits per heavy atom. The van der Waals surface area contributed by atoms with Crippen molar-refractivity contribution in [1.29, 1.82) is 0 Å². The molecule has 0 saturated heterocycles. The molecule has 0 spiro atoms. The zero-order valence-electron chi connectivity index (χ0n) is 12.5. The second-order valence-corrected chi connectivity index (χ2v) is 6.99. The molecule has 0 amide bonds. The van der Waals surface area contributed by atoms with E-state index >= 15 is 0 Å². The van der Waals surface area contributed by atoms with Gasteiger partial charge in [0.1, 0.15) is 11.6 Å². The van der Waals surface area contributed by atoms with Crippen LogP contribution in [0, 0.1) is 0 Å². The highest BCUT2D eigenvalue weighted by Crippen LogP contribution is 2.22. The van der Waals surface area contributed by atoms with Crippen LogP contribution in [0.1, 0.15) is 5.56 Å². The zero-order valence-corrected chi connectivity index (χ0v) is 14.1. The lowest BCUT2D eigenvalue weighted by molar-refractivity contribution is -0.133. The van der Waals surface area contributed by atoms with Gasteiger partial charge >= 0.3 is 5.97 Å². The molecular formula is C16H14ClN3O3S. The van der Waals surface area contributed by atoms with Crippen molar-refractivity contribution in [1.82, 2.24) is 14.3 Å². The number of halogens is 1. The van der Waals surface area contributed by atoms with E-state index in [1.54, 1.807) is 23.0 Å². The van der Waals surface area contributed by atoms with Crippen molar-refractivity contribution in [2.75, 3.05) is 5.75 Å². The van der Waals surface area contributed by atoms with Gasteiger partial charge in [0.25, 0.3) is 0 Å². The summed E-state index contributed by atoms with van der Waals surface area (Å²) in [6.07, 6.45) is 5.32. The SMILES string of the molecule is O=C(O)CS(=O)Cc1cnn(-c2ccc(Cl)cc2)c1-n1cccc1. The number of benzene rings is 1. The molecule has 1 N–H and O–H groups in total. The predicted molar refractivity (Wildman–Crippen MR) is 92.3 cm³/mol. The van der Waals surface area contributed by atoms with E-state index in [-0.39, 0.29) is 5.75 Å². The first kappa shape index (κ1) is 16.5. The highest BCUT2D eigenvalue weighted by molar-refractivity contribution is 7.84. The van der Waals surface area contributed by atoms with Crippen molar-refractivity contribution < 1.29 is 14.1 Å². The van der Waals surface area contributed by atoms with Gasteiger partial charge in [-0.05, 0) is 36.4 Å². The summed E-state index contributed by atoms with van der Waals surface area (Å²) in [6.45, 7) is 0. The summed E-state index contributed by atoms with van der Waals surface area (Å²) in [7, 11) is -1.51. The summed E-state index contributed by atoms with van der Waals surface area (Å²) in [6, 6.07) is 10.9. The molecule has 0 fully saturated rings. The summed E-state index contributed by atoms with van der Waals surface area (Å²) in [5, 5.41) is 13.8. The quantitative estimate of drug-likeness (QED) is 0.730. The van der Waals surface area contributed by atoms with Gasteiger partial charge in [0.15, 0.2) is 0 Å². The Bertz CT molecular complexity index is 873. The van der Waals surface area contributed by atoms with E-state index in [1.807, 2.05) is 41.2 Å². The Morgan fingerprint density at radius 2 is 1.88 bits per heavy atom. The highest BCUT2D eigenvalue weighted by atomic mass is 35.5. The molecule has 2 heterocycles. The molecule has 1 aromatic carbocycles. The van der Waals surface area contributed by atoms with Gasteiger partial charge in [-0.25, -0.2) is 4.68 Å². The van der Waals surface area contributed by atoms with Crippen molar-refractivity contribution >= 4 is 28.4 Å². The molecule has 1 unspecified atom stereocenters. The maximum absolute atomic E-state index is 12.0. The number of hydrogen-bond acceptors (Lipinski definition) is 3. The fourth-order valence-corrected chi connectivity index (χ4v) is 3.42. The van der Waals surface area contributed by atoms with Gasteiger partial charge in [-0.3, -0.25) is 9.00 Å². The van der Waals surface area contributed by atoms with Crippen LogP contribution in [0.2, 0.25) is 5.02 Å². The van der Waals surface area contributed by atoms with Crippen LogP contribution in [0.3, 0.4) is 0 Å². The summed E-state index contributed by atoms with van der Waals surface area (Å²) in [5.74, 6) is -0.632. The number of aromatic nitrogens is 3. The van der Waals surface area contributed by atoms with Gasteiger partial charge in [-0.1, -0.05) is 11.6 Å². The molecule has 0 radical (unpaired) electrons. The van der Waals surface area contributed by atoms with Crippen LogP contribution in [0.5, 0.6) is 0 Å². The number of aliphatic carboxylic acids is 1.